The molecule has 1 aromatic carbocycles. The fraction of sp³-hybridized carbons (Fsp3) is 0.455. The average Bonchev–Trinajstić information content (AvgIpc) is 2.38. The van der Waals surface area contributed by atoms with Gasteiger partial charge in [0.05, 0.1) is 16.4 Å². The van der Waals surface area contributed by atoms with E-state index in [1.54, 1.807) is 0 Å². The van der Waals surface area contributed by atoms with Gasteiger partial charge >= 0.3 is 0 Å². The molecule has 20 heavy (non-hydrogen) atoms. The lowest BCUT2D eigenvalue weighted by atomic mass is 10.1. The van der Waals surface area contributed by atoms with Crippen molar-refractivity contribution in [3.8, 4) is 0 Å². The van der Waals surface area contributed by atoms with Gasteiger partial charge in [-0.25, -0.2) is 21.6 Å². The number of ether oxygens (including phenoxy) is 1. The molecule has 1 aromatic rings. The van der Waals surface area contributed by atoms with Gasteiger partial charge in [0.25, 0.3) is 9.05 Å². The van der Waals surface area contributed by atoms with Crippen LogP contribution in [0.15, 0.2) is 34.1 Å². The summed E-state index contributed by atoms with van der Waals surface area (Å²) in [5, 5.41) is 0. The SMILES string of the molecule is O=S(=O)(Cl)c1ccc(S(=O)(=O)NC2CCCOC2)cc1. The predicted octanol–water partition coefficient (Wildman–Crippen LogP) is 1.07. The molecule has 1 heterocycles. The molecule has 0 bridgehead atoms. The smallest absolute Gasteiger partial charge is 0.261 e. The molecule has 0 saturated carbocycles. The van der Waals surface area contributed by atoms with Gasteiger partial charge in [-0.2, -0.15) is 0 Å². The molecule has 1 saturated heterocycles. The lowest BCUT2D eigenvalue weighted by Crippen LogP contribution is -2.40. The molecule has 1 aliphatic heterocycles. The minimum absolute atomic E-state index is 0.00728. The van der Waals surface area contributed by atoms with Crippen LogP contribution in [0.1, 0.15) is 12.8 Å². The minimum atomic E-state index is -3.86. The first-order valence-corrected chi connectivity index (χ1v) is 9.73. The Kier molecular flexibility index (Phi) is 4.70. The van der Waals surface area contributed by atoms with Crippen molar-refractivity contribution in [2.24, 2.45) is 0 Å². The summed E-state index contributed by atoms with van der Waals surface area (Å²) in [4.78, 5) is -0.147. The number of hydrogen-bond donors (Lipinski definition) is 1. The zero-order valence-corrected chi connectivity index (χ0v) is 12.8. The zero-order chi connectivity index (χ0) is 14.8. The van der Waals surface area contributed by atoms with Gasteiger partial charge in [0.15, 0.2) is 0 Å². The Bertz CT molecular complexity index is 663. The first kappa shape index (κ1) is 15.7. The van der Waals surface area contributed by atoms with Crippen molar-refractivity contribution in [2.75, 3.05) is 13.2 Å². The number of sulfonamides is 1. The summed E-state index contributed by atoms with van der Waals surface area (Å²) in [6, 6.07) is 4.48. The Morgan fingerprint density at radius 1 is 1.10 bits per heavy atom. The van der Waals surface area contributed by atoms with E-state index in [-0.39, 0.29) is 15.8 Å². The summed E-state index contributed by atoms with van der Waals surface area (Å²) >= 11 is 0. The quantitative estimate of drug-likeness (QED) is 0.829. The van der Waals surface area contributed by atoms with Crippen LogP contribution in [0.2, 0.25) is 0 Å². The summed E-state index contributed by atoms with van der Waals surface area (Å²) in [5.74, 6) is 0. The van der Waals surface area contributed by atoms with Crippen LogP contribution in [0.5, 0.6) is 0 Å². The maximum Gasteiger partial charge on any atom is 0.261 e. The topological polar surface area (TPSA) is 89.5 Å². The fourth-order valence-corrected chi connectivity index (χ4v) is 3.93. The molecule has 1 unspecified atom stereocenters. The number of nitrogens with one attached hydrogen (secondary N) is 1. The molecule has 112 valence electrons. The minimum Gasteiger partial charge on any atom is -0.380 e. The van der Waals surface area contributed by atoms with Gasteiger partial charge in [-0.15, -0.1) is 0 Å². The molecule has 2 rings (SSSR count). The van der Waals surface area contributed by atoms with Crippen LogP contribution < -0.4 is 4.72 Å². The van der Waals surface area contributed by atoms with E-state index in [4.69, 9.17) is 15.4 Å². The van der Waals surface area contributed by atoms with Crippen molar-refractivity contribution in [1.82, 2.24) is 4.72 Å². The van der Waals surface area contributed by atoms with E-state index in [1.807, 2.05) is 0 Å². The summed E-state index contributed by atoms with van der Waals surface area (Å²) in [6.45, 7) is 0.980. The lowest BCUT2D eigenvalue weighted by Gasteiger charge is -2.22. The van der Waals surface area contributed by atoms with E-state index in [2.05, 4.69) is 4.72 Å². The van der Waals surface area contributed by atoms with Gasteiger partial charge in [0.2, 0.25) is 10.0 Å². The maximum absolute atomic E-state index is 12.1. The normalized spacial score (nSPS) is 20.8. The van der Waals surface area contributed by atoms with Crippen LogP contribution in [0, 0.1) is 0 Å². The summed E-state index contributed by atoms with van der Waals surface area (Å²) in [7, 11) is -2.37. The highest BCUT2D eigenvalue weighted by atomic mass is 35.7. The van der Waals surface area contributed by atoms with Crippen LogP contribution in [0.3, 0.4) is 0 Å². The van der Waals surface area contributed by atoms with Crippen LogP contribution in [0.4, 0.5) is 0 Å². The molecular weight excluding hydrogens is 326 g/mol. The van der Waals surface area contributed by atoms with Gasteiger partial charge in [0, 0.05) is 23.3 Å². The Balaban J connectivity index is 2.17. The van der Waals surface area contributed by atoms with Gasteiger partial charge in [-0.05, 0) is 37.1 Å². The standard InChI is InChI=1S/C11H14ClNO5S2/c12-19(14,15)10-3-5-11(6-4-10)20(16,17)13-9-2-1-7-18-8-9/h3-6,9,13H,1-2,7-8H2. The highest BCUT2D eigenvalue weighted by molar-refractivity contribution is 8.13. The van der Waals surface area contributed by atoms with Crippen molar-refractivity contribution in [3.05, 3.63) is 24.3 Å². The monoisotopic (exact) mass is 339 g/mol. The molecule has 1 N–H and O–H groups in total. The van der Waals surface area contributed by atoms with Crippen molar-refractivity contribution in [3.63, 3.8) is 0 Å². The molecule has 1 atom stereocenters. The van der Waals surface area contributed by atoms with E-state index in [0.29, 0.717) is 19.6 Å². The molecule has 0 amide bonds. The lowest BCUT2D eigenvalue weighted by molar-refractivity contribution is 0.0774. The van der Waals surface area contributed by atoms with Gasteiger partial charge < -0.3 is 4.74 Å². The van der Waals surface area contributed by atoms with E-state index < -0.39 is 19.1 Å². The first-order valence-electron chi connectivity index (χ1n) is 5.94. The Hall–Kier alpha value is -0.670. The third kappa shape index (κ3) is 3.92. The van der Waals surface area contributed by atoms with Crippen molar-refractivity contribution < 1.29 is 21.6 Å². The Labute approximate surface area is 122 Å². The average molecular weight is 340 g/mol. The number of benzene rings is 1. The fourth-order valence-electron chi connectivity index (χ4n) is 1.90. The molecule has 0 aliphatic carbocycles. The van der Waals surface area contributed by atoms with Crippen molar-refractivity contribution in [2.45, 2.75) is 28.7 Å². The number of halogens is 1. The molecule has 1 fully saturated rings. The maximum atomic E-state index is 12.1. The second-order valence-corrected chi connectivity index (χ2v) is 8.72. The van der Waals surface area contributed by atoms with Crippen LogP contribution in [0.25, 0.3) is 0 Å². The second kappa shape index (κ2) is 5.98. The number of hydrogen-bond acceptors (Lipinski definition) is 5. The van der Waals surface area contributed by atoms with Gasteiger partial charge in [0.1, 0.15) is 0 Å². The predicted molar refractivity (Wildman–Crippen MR) is 73.6 cm³/mol. The Morgan fingerprint density at radius 2 is 1.70 bits per heavy atom. The summed E-state index contributed by atoms with van der Waals surface area (Å²) in [6.07, 6.45) is 1.52. The largest absolute Gasteiger partial charge is 0.380 e. The van der Waals surface area contributed by atoms with Crippen LogP contribution in [-0.4, -0.2) is 36.1 Å². The van der Waals surface area contributed by atoms with E-state index in [9.17, 15) is 16.8 Å². The van der Waals surface area contributed by atoms with E-state index >= 15 is 0 Å². The third-order valence-electron chi connectivity index (χ3n) is 2.90. The summed E-state index contributed by atoms with van der Waals surface area (Å²) < 4.78 is 54.2. The molecule has 9 heteroatoms. The van der Waals surface area contributed by atoms with Crippen LogP contribution >= 0.6 is 10.7 Å². The first-order chi connectivity index (χ1) is 9.29. The highest BCUT2D eigenvalue weighted by Gasteiger charge is 2.22. The molecule has 0 spiro atoms. The van der Waals surface area contributed by atoms with Gasteiger partial charge in [-0.1, -0.05) is 0 Å². The molecular formula is C11H14ClNO5S2. The number of rotatable bonds is 4. The van der Waals surface area contributed by atoms with Crippen LogP contribution in [-0.2, 0) is 23.8 Å². The van der Waals surface area contributed by atoms with Crippen molar-refractivity contribution >= 4 is 29.8 Å². The summed E-state index contributed by atoms with van der Waals surface area (Å²) in [5.41, 5.74) is 0. The third-order valence-corrected chi connectivity index (χ3v) is 5.80. The molecule has 6 nitrogen and oxygen atoms in total. The highest BCUT2D eigenvalue weighted by Crippen LogP contribution is 2.18. The molecule has 0 aromatic heterocycles. The second-order valence-electron chi connectivity index (χ2n) is 4.44. The molecule has 0 radical (unpaired) electrons. The molecule has 1 aliphatic rings. The zero-order valence-electron chi connectivity index (χ0n) is 10.5. The Morgan fingerprint density at radius 3 is 2.20 bits per heavy atom. The van der Waals surface area contributed by atoms with E-state index in [1.165, 1.54) is 12.1 Å². The van der Waals surface area contributed by atoms with E-state index in [0.717, 1.165) is 18.6 Å². The van der Waals surface area contributed by atoms with Gasteiger partial charge in [-0.3, -0.25) is 0 Å². The van der Waals surface area contributed by atoms with Crippen molar-refractivity contribution in [1.29, 1.82) is 0 Å².